The number of nitrogens with one attached hydrogen (secondary N) is 1. The normalized spacial score (nSPS) is 13.9. The van der Waals surface area contributed by atoms with Gasteiger partial charge in [-0.05, 0) is 18.4 Å². The standard InChI is InChI=1S/C9H9NOS/c1-12-9-6-7-4-2-3-5-8(7)11-10-9/h2-6,10H,1H3. The summed E-state index contributed by atoms with van der Waals surface area (Å²) in [6.07, 6.45) is 4.08. The van der Waals surface area contributed by atoms with E-state index in [-0.39, 0.29) is 0 Å². The SMILES string of the molecule is CSC1=Cc2ccccc2ON1. The fraction of sp³-hybridized carbons (Fsp3) is 0.111. The van der Waals surface area contributed by atoms with Crippen LogP contribution in [0.15, 0.2) is 29.3 Å². The third-order valence-electron chi connectivity index (χ3n) is 1.69. The van der Waals surface area contributed by atoms with Crippen molar-refractivity contribution in [2.75, 3.05) is 6.26 Å². The van der Waals surface area contributed by atoms with E-state index in [1.807, 2.05) is 30.5 Å². The third-order valence-corrected chi connectivity index (χ3v) is 2.33. The highest BCUT2D eigenvalue weighted by Crippen LogP contribution is 2.26. The fourth-order valence-corrected chi connectivity index (χ4v) is 1.44. The highest BCUT2D eigenvalue weighted by Gasteiger charge is 2.08. The minimum Gasteiger partial charge on any atom is -0.381 e. The Hall–Kier alpha value is -1.09. The van der Waals surface area contributed by atoms with Crippen molar-refractivity contribution in [3.8, 4) is 5.75 Å². The van der Waals surface area contributed by atoms with E-state index >= 15 is 0 Å². The molecule has 0 unspecified atom stereocenters. The summed E-state index contributed by atoms with van der Waals surface area (Å²) < 4.78 is 0. The Morgan fingerprint density at radius 3 is 3.00 bits per heavy atom. The summed E-state index contributed by atoms with van der Waals surface area (Å²) in [5.74, 6) is 0.885. The Bertz CT molecular complexity index is 322. The summed E-state index contributed by atoms with van der Waals surface area (Å²) in [6, 6.07) is 7.93. The lowest BCUT2D eigenvalue weighted by Crippen LogP contribution is -2.19. The number of fused-ring (bicyclic) bond motifs is 1. The summed E-state index contributed by atoms with van der Waals surface area (Å²) in [6.45, 7) is 0. The predicted octanol–water partition coefficient (Wildman–Crippen LogP) is 2.24. The topological polar surface area (TPSA) is 21.3 Å². The van der Waals surface area contributed by atoms with Crippen LogP contribution in [-0.4, -0.2) is 6.26 Å². The molecule has 1 aliphatic rings. The van der Waals surface area contributed by atoms with Gasteiger partial charge in [-0.3, -0.25) is 0 Å². The molecule has 2 nitrogen and oxygen atoms in total. The van der Waals surface area contributed by atoms with Crippen molar-refractivity contribution in [3.05, 3.63) is 34.9 Å². The van der Waals surface area contributed by atoms with E-state index in [1.165, 1.54) is 0 Å². The van der Waals surface area contributed by atoms with Gasteiger partial charge in [0.15, 0.2) is 5.75 Å². The molecule has 0 radical (unpaired) electrons. The zero-order valence-corrected chi connectivity index (χ0v) is 7.52. The molecule has 0 saturated carbocycles. The lowest BCUT2D eigenvalue weighted by Gasteiger charge is -2.16. The van der Waals surface area contributed by atoms with Crippen molar-refractivity contribution in [2.24, 2.45) is 0 Å². The molecule has 0 saturated heterocycles. The molecular formula is C9H9NOS. The van der Waals surface area contributed by atoms with Crippen molar-refractivity contribution in [1.29, 1.82) is 0 Å². The van der Waals surface area contributed by atoms with Gasteiger partial charge in [-0.1, -0.05) is 18.2 Å². The second-order valence-corrected chi connectivity index (χ2v) is 3.30. The average Bonchev–Trinajstić information content (AvgIpc) is 2.17. The molecule has 1 aromatic rings. The van der Waals surface area contributed by atoms with E-state index in [4.69, 9.17) is 4.84 Å². The number of hydrogen-bond donors (Lipinski definition) is 1. The summed E-state index contributed by atoms with van der Waals surface area (Å²) in [5.41, 5.74) is 3.97. The van der Waals surface area contributed by atoms with Crippen LogP contribution < -0.4 is 10.3 Å². The van der Waals surface area contributed by atoms with Crippen LogP contribution in [0.25, 0.3) is 6.08 Å². The molecule has 0 atom stereocenters. The Kier molecular flexibility index (Phi) is 1.96. The van der Waals surface area contributed by atoms with E-state index in [0.29, 0.717) is 0 Å². The minimum atomic E-state index is 0.885. The van der Waals surface area contributed by atoms with Crippen molar-refractivity contribution in [2.45, 2.75) is 0 Å². The Morgan fingerprint density at radius 2 is 2.17 bits per heavy atom. The molecule has 0 bridgehead atoms. The van der Waals surface area contributed by atoms with Crippen LogP contribution in [0.5, 0.6) is 5.75 Å². The van der Waals surface area contributed by atoms with Crippen LogP contribution in [0.3, 0.4) is 0 Å². The lowest BCUT2D eigenvalue weighted by atomic mass is 10.2. The first-order valence-electron chi connectivity index (χ1n) is 3.68. The fourth-order valence-electron chi connectivity index (χ4n) is 1.07. The van der Waals surface area contributed by atoms with Crippen LogP contribution >= 0.6 is 11.8 Å². The van der Waals surface area contributed by atoms with Gasteiger partial charge in [0, 0.05) is 5.56 Å². The first-order valence-corrected chi connectivity index (χ1v) is 4.90. The minimum absolute atomic E-state index is 0.885. The maximum absolute atomic E-state index is 5.29. The van der Waals surface area contributed by atoms with Gasteiger partial charge in [-0.15, -0.1) is 11.8 Å². The lowest BCUT2D eigenvalue weighted by molar-refractivity contribution is 0.235. The van der Waals surface area contributed by atoms with Gasteiger partial charge in [-0.2, -0.15) is 0 Å². The van der Waals surface area contributed by atoms with E-state index in [1.54, 1.807) is 11.8 Å². The number of hydroxylamine groups is 1. The number of thioether (sulfide) groups is 1. The zero-order chi connectivity index (χ0) is 8.39. The van der Waals surface area contributed by atoms with E-state index in [0.717, 1.165) is 16.3 Å². The number of hydrogen-bond acceptors (Lipinski definition) is 3. The Morgan fingerprint density at radius 1 is 1.33 bits per heavy atom. The molecule has 2 rings (SSSR count). The van der Waals surface area contributed by atoms with Gasteiger partial charge >= 0.3 is 0 Å². The van der Waals surface area contributed by atoms with Crippen molar-refractivity contribution < 1.29 is 4.84 Å². The molecule has 0 aliphatic carbocycles. The van der Waals surface area contributed by atoms with Gasteiger partial charge < -0.3 is 4.84 Å². The van der Waals surface area contributed by atoms with Crippen LogP contribution in [0, 0.1) is 0 Å². The number of benzene rings is 1. The predicted molar refractivity (Wildman–Crippen MR) is 51.7 cm³/mol. The Balaban J connectivity index is 2.41. The molecule has 3 heteroatoms. The highest BCUT2D eigenvalue weighted by atomic mass is 32.2. The van der Waals surface area contributed by atoms with Crippen LogP contribution in [-0.2, 0) is 0 Å². The average molecular weight is 179 g/mol. The molecule has 1 N–H and O–H groups in total. The summed E-state index contributed by atoms with van der Waals surface area (Å²) >= 11 is 1.63. The Labute approximate surface area is 75.6 Å². The number of rotatable bonds is 1. The third kappa shape index (κ3) is 1.28. The van der Waals surface area contributed by atoms with Crippen LogP contribution in [0.2, 0.25) is 0 Å². The van der Waals surface area contributed by atoms with Crippen molar-refractivity contribution >= 4 is 17.8 Å². The maximum Gasteiger partial charge on any atom is 0.162 e. The molecule has 1 aliphatic heterocycles. The monoisotopic (exact) mass is 179 g/mol. The van der Waals surface area contributed by atoms with Crippen molar-refractivity contribution in [3.63, 3.8) is 0 Å². The van der Waals surface area contributed by atoms with Gasteiger partial charge in [0.25, 0.3) is 0 Å². The van der Waals surface area contributed by atoms with E-state index in [2.05, 4.69) is 11.6 Å². The first kappa shape index (κ1) is 7.55. The second kappa shape index (κ2) is 3.11. The van der Waals surface area contributed by atoms with Gasteiger partial charge in [0.05, 0.1) is 0 Å². The quantitative estimate of drug-likeness (QED) is 0.714. The number of para-hydroxylation sites is 1. The molecule has 0 aromatic heterocycles. The summed E-state index contributed by atoms with van der Waals surface area (Å²) in [4.78, 5) is 5.29. The maximum atomic E-state index is 5.29. The summed E-state index contributed by atoms with van der Waals surface area (Å²) in [7, 11) is 0. The zero-order valence-electron chi connectivity index (χ0n) is 6.70. The molecule has 0 spiro atoms. The van der Waals surface area contributed by atoms with Gasteiger partial charge in [-0.25, -0.2) is 5.48 Å². The molecule has 12 heavy (non-hydrogen) atoms. The molecule has 0 fully saturated rings. The first-order chi connectivity index (χ1) is 5.90. The van der Waals surface area contributed by atoms with Crippen LogP contribution in [0.1, 0.15) is 5.56 Å². The summed E-state index contributed by atoms with van der Waals surface area (Å²) in [5, 5.41) is 1.04. The van der Waals surface area contributed by atoms with Crippen molar-refractivity contribution in [1.82, 2.24) is 5.48 Å². The largest absolute Gasteiger partial charge is 0.381 e. The smallest absolute Gasteiger partial charge is 0.162 e. The van der Waals surface area contributed by atoms with E-state index < -0.39 is 0 Å². The van der Waals surface area contributed by atoms with Gasteiger partial charge in [0.2, 0.25) is 0 Å². The molecule has 0 amide bonds. The molecular weight excluding hydrogens is 170 g/mol. The van der Waals surface area contributed by atoms with Gasteiger partial charge in [0.1, 0.15) is 5.03 Å². The molecule has 62 valence electrons. The van der Waals surface area contributed by atoms with E-state index in [9.17, 15) is 0 Å². The molecule has 1 aromatic carbocycles. The highest BCUT2D eigenvalue weighted by molar-refractivity contribution is 8.02. The van der Waals surface area contributed by atoms with Crippen LogP contribution in [0.4, 0.5) is 0 Å². The second-order valence-electron chi connectivity index (χ2n) is 2.45. The molecule has 1 heterocycles.